The molecule has 0 bridgehead atoms. The normalized spacial score (nSPS) is 10.6. The summed E-state index contributed by atoms with van der Waals surface area (Å²) < 4.78 is 0. The van der Waals surface area contributed by atoms with Crippen LogP contribution in [-0.2, 0) is 12.8 Å². The number of nitrogens with zero attached hydrogens (tertiary/aromatic N) is 2. The summed E-state index contributed by atoms with van der Waals surface area (Å²) in [4.78, 5) is 9.04. The Morgan fingerprint density at radius 1 is 0.815 bits per heavy atom. The molecule has 5 heteroatoms. The number of rotatable bonds is 9. The maximum atomic E-state index is 6.03. The second-order valence-corrected chi connectivity index (χ2v) is 6.98. The smallest absolute Gasteiger partial charge is 0.224 e. The molecule has 0 atom stereocenters. The Morgan fingerprint density at radius 2 is 1.63 bits per heavy atom. The van der Waals surface area contributed by atoms with Gasteiger partial charge < -0.3 is 10.6 Å². The summed E-state index contributed by atoms with van der Waals surface area (Å²) in [5.74, 6) is 1.52. The fourth-order valence-electron chi connectivity index (χ4n) is 2.90. The van der Waals surface area contributed by atoms with E-state index in [1.54, 1.807) is 0 Å². The van der Waals surface area contributed by atoms with Crippen molar-refractivity contribution in [1.82, 2.24) is 9.97 Å². The van der Waals surface area contributed by atoms with Crippen molar-refractivity contribution in [3.8, 4) is 0 Å². The summed E-state index contributed by atoms with van der Waals surface area (Å²) in [7, 11) is 0. The second-order valence-electron chi connectivity index (χ2n) is 6.54. The van der Waals surface area contributed by atoms with Crippen LogP contribution in [0.3, 0.4) is 0 Å². The van der Waals surface area contributed by atoms with E-state index in [0.29, 0.717) is 5.95 Å². The van der Waals surface area contributed by atoms with Gasteiger partial charge in [-0.3, -0.25) is 0 Å². The van der Waals surface area contributed by atoms with Crippen molar-refractivity contribution in [2.24, 2.45) is 0 Å². The van der Waals surface area contributed by atoms with E-state index < -0.39 is 0 Å². The predicted molar refractivity (Wildman–Crippen MR) is 114 cm³/mol. The summed E-state index contributed by atoms with van der Waals surface area (Å²) in [5, 5.41) is 7.47. The molecule has 140 valence electrons. The number of hydrogen-bond donors (Lipinski definition) is 2. The first-order chi connectivity index (χ1) is 13.2. The third-order valence-corrected chi connectivity index (χ3v) is 4.47. The van der Waals surface area contributed by atoms with E-state index in [9.17, 15) is 0 Å². The summed E-state index contributed by atoms with van der Waals surface area (Å²) in [5.41, 5.74) is 3.50. The Balaban J connectivity index is 1.46. The van der Waals surface area contributed by atoms with Gasteiger partial charge in [-0.1, -0.05) is 54.1 Å². The van der Waals surface area contributed by atoms with Gasteiger partial charge in [0, 0.05) is 29.9 Å². The lowest BCUT2D eigenvalue weighted by molar-refractivity contribution is 0.856. The number of benzene rings is 2. The van der Waals surface area contributed by atoms with E-state index >= 15 is 0 Å². The first-order valence-electron chi connectivity index (χ1n) is 9.31. The fourth-order valence-corrected chi connectivity index (χ4v) is 3.12. The van der Waals surface area contributed by atoms with Gasteiger partial charge in [-0.05, 0) is 49.4 Å². The molecule has 0 amide bonds. The Morgan fingerprint density at radius 3 is 2.44 bits per heavy atom. The molecule has 0 radical (unpaired) electrons. The minimum absolute atomic E-state index is 0.655. The standard InChI is InChI=1S/C22H25ClN4/c1-17-15-21(24-13-6-10-18-7-3-2-4-8-18)27-22(26-17)25-14-12-19-9-5-11-20(23)16-19/h2-5,7-9,11,15-16H,6,10,12-14H2,1H3,(H2,24,25,26,27). The lowest BCUT2D eigenvalue weighted by atomic mass is 10.1. The van der Waals surface area contributed by atoms with Gasteiger partial charge in [0.05, 0.1) is 0 Å². The molecular weight excluding hydrogens is 356 g/mol. The maximum Gasteiger partial charge on any atom is 0.224 e. The minimum atomic E-state index is 0.655. The van der Waals surface area contributed by atoms with E-state index in [2.05, 4.69) is 50.9 Å². The van der Waals surface area contributed by atoms with Crippen LogP contribution >= 0.6 is 11.6 Å². The summed E-state index contributed by atoms with van der Waals surface area (Å²) in [6, 6.07) is 20.4. The Hall–Kier alpha value is -2.59. The lowest BCUT2D eigenvalue weighted by Gasteiger charge is -2.10. The van der Waals surface area contributed by atoms with E-state index in [1.807, 2.05) is 37.3 Å². The van der Waals surface area contributed by atoms with Crippen molar-refractivity contribution >= 4 is 23.4 Å². The molecule has 27 heavy (non-hydrogen) atoms. The average Bonchev–Trinajstić information content (AvgIpc) is 2.66. The fraction of sp³-hybridized carbons (Fsp3) is 0.273. The highest BCUT2D eigenvalue weighted by Gasteiger charge is 2.03. The summed E-state index contributed by atoms with van der Waals surface area (Å²) in [6.45, 7) is 3.63. The van der Waals surface area contributed by atoms with Crippen LogP contribution in [0.1, 0.15) is 23.2 Å². The molecule has 3 rings (SSSR count). The van der Waals surface area contributed by atoms with Crippen molar-refractivity contribution in [3.63, 3.8) is 0 Å². The highest BCUT2D eigenvalue weighted by atomic mass is 35.5. The number of aryl methyl sites for hydroxylation is 2. The van der Waals surface area contributed by atoms with E-state index in [1.165, 1.54) is 11.1 Å². The number of hydrogen-bond acceptors (Lipinski definition) is 4. The molecule has 0 aliphatic carbocycles. The molecular formula is C22H25ClN4. The molecule has 0 fully saturated rings. The van der Waals surface area contributed by atoms with Gasteiger partial charge in [-0.25, -0.2) is 4.98 Å². The molecule has 0 saturated carbocycles. The summed E-state index contributed by atoms with van der Waals surface area (Å²) >= 11 is 6.03. The molecule has 2 aromatic carbocycles. The molecule has 0 aliphatic rings. The Bertz CT molecular complexity index is 852. The SMILES string of the molecule is Cc1cc(NCCCc2ccccc2)nc(NCCc2cccc(Cl)c2)n1. The van der Waals surface area contributed by atoms with Gasteiger partial charge in [-0.2, -0.15) is 4.98 Å². The maximum absolute atomic E-state index is 6.03. The molecule has 0 unspecified atom stereocenters. The van der Waals surface area contributed by atoms with Crippen LogP contribution in [0.2, 0.25) is 5.02 Å². The zero-order chi connectivity index (χ0) is 18.9. The first kappa shape index (κ1) is 19.2. The van der Waals surface area contributed by atoms with Crippen LogP contribution in [0.15, 0.2) is 60.7 Å². The van der Waals surface area contributed by atoms with Gasteiger partial charge in [0.25, 0.3) is 0 Å². The quantitative estimate of drug-likeness (QED) is 0.505. The summed E-state index contributed by atoms with van der Waals surface area (Å²) in [6.07, 6.45) is 2.99. The molecule has 3 aromatic rings. The first-order valence-corrected chi connectivity index (χ1v) is 9.68. The minimum Gasteiger partial charge on any atom is -0.370 e. The van der Waals surface area contributed by atoms with Crippen molar-refractivity contribution < 1.29 is 0 Å². The zero-order valence-corrected chi connectivity index (χ0v) is 16.3. The molecule has 0 saturated heterocycles. The van der Waals surface area contributed by atoms with Crippen LogP contribution in [0, 0.1) is 6.92 Å². The van der Waals surface area contributed by atoms with Gasteiger partial charge in [0.15, 0.2) is 0 Å². The largest absolute Gasteiger partial charge is 0.370 e. The van der Waals surface area contributed by atoms with Crippen molar-refractivity contribution in [2.75, 3.05) is 23.7 Å². The third-order valence-electron chi connectivity index (χ3n) is 4.23. The molecule has 2 N–H and O–H groups in total. The predicted octanol–water partition coefficient (Wildman–Crippen LogP) is 5.14. The van der Waals surface area contributed by atoms with Crippen LogP contribution in [0.4, 0.5) is 11.8 Å². The highest BCUT2D eigenvalue weighted by molar-refractivity contribution is 6.30. The van der Waals surface area contributed by atoms with Crippen LogP contribution < -0.4 is 10.6 Å². The van der Waals surface area contributed by atoms with Crippen molar-refractivity contribution in [1.29, 1.82) is 0 Å². The van der Waals surface area contributed by atoms with Gasteiger partial charge in [0.1, 0.15) is 5.82 Å². The van der Waals surface area contributed by atoms with Crippen molar-refractivity contribution in [2.45, 2.75) is 26.2 Å². The number of anilines is 2. The van der Waals surface area contributed by atoms with E-state index in [0.717, 1.165) is 48.9 Å². The van der Waals surface area contributed by atoms with Crippen LogP contribution in [0.5, 0.6) is 0 Å². The van der Waals surface area contributed by atoms with Gasteiger partial charge >= 0.3 is 0 Å². The highest BCUT2D eigenvalue weighted by Crippen LogP contribution is 2.13. The van der Waals surface area contributed by atoms with Gasteiger partial charge in [0.2, 0.25) is 5.95 Å². The monoisotopic (exact) mass is 380 g/mol. The van der Waals surface area contributed by atoms with Crippen molar-refractivity contribution in [3.05, 3.63) is 82.5 Å². The number of aromatic nitrogens is 2. The molecule has 1 heterocycles. The molecule has 0 spiro atoms. The molecule has 4 nitrogen and oxygen atoms in total. The molecule has 0 aliphatic heterocycles. The Kier molecular flexibility index (Phi) is 7.05. The average molecular weight is 381 g/mol. The van der Waals surface area contributed by atoms with E-state index in [-0.39, 0.29) is 0 Å². The Labute approximate surface area is 166 Å². The number of halogens is 1. The second kappa shape index (κ2) is 9.93. The van der Waals surface area contributed by atoms with Crippen LogP contribution in [0.25, 0.3) is 0 Å². The van der Waals surface area contributed by atoms with Crippen LogP contribution in [-0.4, -0.2) is 23.1 Å². The third kappa shape index (κ3) is 6.57. The molecule has 1 aromatic heterocycles. The zero-order valence-electron chi connectivity index (χ0n) is 15.6. The van der Waals surface area contributed by atoms with Gasteiger partial charge in [-0.15, -0.1) is 0 Å². The number of nitrogens with one attached hydrogen (secondary N) is 2. The topological polar surface area (TPSA) is 49.8 Å². The van der Waals surface area contributed by atoms with E-state index in [4.69, 9.17) is 11.6 Å². The lowest BCUT2D eigenvalue weighted by Crippen LogP contribution is -2.11.